The van der Waals surface area contributed by atoms with Crippen LogP contribution in [-0.4, -0.2) is 79.0 Å². The van der Waals surface area contributed by atoms with Crippen LogP contribution in [0.25, 0.3) is 0 Å². The lowest BCUT2D eigenvalue weighted by molar-refractivity contribution is 0.0701. The third kappa shape index (κ3) is 4.85. The molecule has 0 radical (unpaired) electrons. The molecule has 0 bridgehead atoms. The summed E-state index contributed by atoms with van der Waals surface area (Å²) in [7, 11) is 4.05. The van der Waals surface area contributed by atoms with Gasteiger partial charge in [-0.2, -0.15) is 0 Å². The molecule has 154 valence electrons. The van der Waals surface area contributed by atoms with E-state index in [0.29, 0.717) is 25.0 Å². The van der Waals surface area contributed by atoms with Crippen molar-refractivity contribution in [3.8, 4) is 0 Å². The first-order valence-electron chi connectivity index (χ1n) is 10.4. The van der Waals surface area contributed by atoms with Crippen LogP contribution in [0.15, 0.2) is 24.3 Å². The minimum Gasteiger partial charge on any atom is -0.338 e. The van der Waals surface area contributed by atoms with E-state index in [4.69, 9.17) is 0 Å². The summed E-state index contributed by atoms with van der Waals surface area (Å²) in [5.41, 5.74) is 1.89. The molecule has 6 heteroatoms. The van der Waals surface area contributed by atoms with Crippen LogP contribution in [0, 0.1) is 12.8 Å². The topological polar surface area (TPSA) is 55.9 Å². The van der Waals surface area contributed by atoms with Gasteiger partial charge in [-0.3, -0.25) is 4.79 Å². The molecule has 1 aromatic carbocycles. The first kappa shape index (κ1) is 20.6. The number of benzene rings is 1. The van der Waals surface area contributed by atoms with Crippen molar-refractivity contribution in [1.29, 1.82) is 0 Å². The Bertz CT molecular complexity index is 682. The third-order valence-electron chi connectivity index (χ3n) is 6.29. The van der Waals surface area contributed by atoms with Crippen molar-refractivity contribution in [2.45, 2.75) is 45.2 Å². The highest BCUT2D eigenvalue weighted by Crippen LogP contribution is 2.21. The van der Waals surface area contributed by atoms with Crippen LogP contribution >= 0.6 is 0 Å². The number of hydrogen-bond acceptors (Lipinski definition) is 3. The van der Waals surface area contributed by atoms with Gasteiger partial charge in [0.15, 0.2) is 0 Å². The van der Waals surface area contributed by atoms with E-state index in [0.717, 1.165) is 43.5 Å². The van der Waals surface area contributed by atoms with Crippen molar-refractivity contribution in [3.05, 3.63) is 35.4 Å². The van der Waals surface area contributed by atoms with Gasteiger partial charge in [0.05, 0.1) is 0 Å². The summed E-state index contributed by atoms with van der Waals surface area (Å²) in [5.74, 6) is 0.561. The second-order valence-corrected chi connectivity index (χ2v) is 8.59. The number of carbonyl (C=O) groups excluding carboxylic acids is 2. The molecule has 0 aromatic heterocycles. The number of aryl methyl sites for hydroxylation is 1. The normalized spacial score (nSPS) is 24.1. The number of urea groups is 1. The fraction of sp³-hybridized carbons (Fsp3) is 0.636. The predicted octanol–water partition coefficient (Wildman–Crippen LogP) is 2.58. The summed E-state index contributed by atoms with van der Waals surface area (Å²) in [4.78, 5) is 31.5. The molecule has 0 spiro atoms. The third-order valence-corrected chi connectivity index (χ3v) is 6.29. The van der Waals surface area contributed by atoms with Crippen molar-refractivity contribution < 1.29 is 9.59 Å². The van der Waals surface area contributed by atoms with E-state index in [1.807, 2.05) is 48.0 Å². The van der Waals surface area contributed by atoms with Crippen LogP contribution in [0.4, 0.5) is 4.79 Å². The highest BCUT2D eigenvalue weighted by atomic mass is 16.2. The maximum atomic E-state index is 12.7. The molecule has 2 atom stereocenters. The fourth-order valence-corrected chi connectivity index (χ4v) is 4.45. The number of carbonyl (C=O) groups is 2. The van der Waals surface area contributed by atoms with Gasteiger partial charge in [0, 0.05) is 44.3 Å². The Labute approximate surface area is 168 Å². The van der Waals surface area contributed by atoms with Crippen LogP contribution in [0.2, 0.25) is 0 Å². The van der Waals surface area contributed by atoms with Gasteiger partial charge < -0.3 is 20.0 Å². The SMILES string of the molecule is Cc1ccc(C(=O)N2CCC(NC(=O)N(C)C3CCN(C)CC3C)CC2)cc1. The number of amides is 3. The molecular formula is C22H34N4O2. The van der Waals surface area contributed by atoms with Gasteiger partial charge >= 0.3 is 6.03 Å². The van der Waals surface area contributed by atoms with Crippen LogP contribution < -0.4 is 5.32 Å². The molecule has 3 rings (SSSR count). The maximum Gasteiger partial charge on any atom is 0.317 e. The van der Waals surface area contributed by atoms with Gasteiger partial charge in [0.25, 0.3) is 5.91 Å². The molecule has 2 aliphatic heterocycles. The van der Waals surface area contributed by atoms with Crippen LogP contribution in [0.5, 0.6) is 0 Å². The smallest absolute Gasteiger partial charge is 0.317 e. The molecule has 0 saturated carbocycles. The van der Waals surface area contributed by atoms with Crippen LogP contribution in [0.3, 0.4) is 0 Å². The molecule has 2 saturated heterocycles. The number of likely N-dealkylation sites (tertiary alicyclic amines) is 2. The van der Waals surface area contributed by atoms with E-state index in [-0.39, 0.29) is 18.0 Å². The monoisotopic (exact) mass is 386 g/mol. The maximum absolute atomic E-state index is 12.7. The number of nitrogens with one attached hydrogen (secondary N) is 1. The zero-order valence-electron chi connectivity index (χ0n) is 17.6. The second kappa shape index (κ2) is 8.95. The lowest BCUT2D eigenvalue weighted by atomic mass is 9.93. The van der Waals surface area contributed by atoms with E-state index >= 15 is 0 Å². The Hall–Kier alpha value is -2.08. The quantitative estimate of drug-likeness (QED) is 0.869. The summed E-state index contributed by atoms with van der Waals surface area (Å²) in [6.45, 7) is 7.68. The summed E-state index contributed by atoms with van der Waals surface area (Å²) in [5, 5.41) is 3.19. The molecule has 2 aliphatic rings. The molecular weight excluding hydrogens is 352 g/mol. The lowest BCUT2D eigenvalue weighted by Gasteiger charge is -2.41. The Kier molecular flexibility index (Phi) is 6.60. The summed E-state index contributed by atoms with van der Waals surface area (Å²) >= 11 is 0. The van der Waals surface area contributed by atoms with E-state index in [1.54, 1.807) is 0 Å². The molecule has 2 heterocycles. The Morgan fingerprint density at radius 1 is 1.07 bits per heavy atom. The molecule has 1 aromatic rings. The molecule has 28 heavy (non-hydrogen) atoms. The molecule has 0 aliphatic carbocycles. The minimum absolute atomic E-state index is 0.0183. The van der Waals surface area contributed by atoms with Crippen LogP contribution in [0.1, 0.15) is 42.1 Å². The van der Waals surface area contributed by atoms with Crippen molar-refractivity contribution in [2.24, 2.45) is 5.92 Å². The second-order valence-electron chi connectivity index (χ2n) is 8.59. The summed E-state index contributed by atoms with van der Waals surface area (Å²) < 4.78 is 0. The van der Waals surface area contributed by atoms with Gasteiger partial charge in [-0.25, -0.2) is 4.79 Å². The number of nitrogens with zero attached hydrogens (tertiary/aromatic N) is 3. The van der Waals surface area contributed by atoms with E-state index < -0.39 is 0 Å². The minimum atomic E-state index is 0.0183. The zero-order chi connectivity index (χ0) is 20.3. The highest BCUT2D eigenvalue weighted by Gasteiger charge is 2.31. The van der Waals surface area contributed by atoms with Gasteiger partial charge in [-0.1, -0.05) is 24.6 Å². The molecule has 3 amide bonds. The molecule has 2 fully saturated rings. The predicted molar refractivity (Wildman–Crippen MR) is 111 cm³/mol. The van der Waals surface area contributed by atoms with Crippen molar-refractivity contribution in [3.63, 3.8) is 0 Å². The van der Waals surface area contributed by atoms with Gasteiger partial charge in [0.1, 0.15) is 0 Å². The number of rotatable bonds is 3. The molecule has 2 unspecified atom stereocenters. The standard InChI is InChI=1S/C22H34N4O2/c1-16-5-7-18(8-6-16)21(27)26-13-9-19(10-14-26)23-22(28)25(4)20-11-12-24(3)15-17(20)2/h5-8,17,19-20H,9-15H2,1-4H3,(H,23,28). The van der Waals surface area contributed by atoms with Gasteiger partial charge in [-0.15, -0.1) is 0 Å². The number of hydrogen-bond donors (Lipinski definition) is 1. The first-order valence-corrected chi connectivity index (χ1v) is 10.4. The van der Waals surface area contributed by atoms with E-state index in [1.165, 1.54) is 0 Å². The van der Waals surface area contributed by atoms with Crippen molar-refractivity contribution >= 4 is 11.9 Å². The highest BCUT2D eigenvalue weighted by molar-refractivity contribution is 5.94. The Balaban J connectivity index is 1.47. The molecule has 6 nitrogen and oxygen atoms in total. The van der Waals surface area contributed by atoms with Gasteiger partial charge in [-0.05, 0) is 57.8 Å². The summed E-state index contributed by atoms with van der Waals surface area (Å²) in [6.07, 6.45) is 2.63. The fourth-order valence-electron chi connectivity index (χ4n) is 4.45. The van der Waals surface area contributed by atoms with Crippen LogP contribution in [-0.2, 0) is 0 Å². The molecule has 1 N–H and O–H groups in total. The zero-order valence-corrected chi connectivity index (χ0v) is 17.6. The lowest BCUT2D eigenvalue weighted by Crippen LogP contribution is -2.55. The Morgan fingerprint density at radius 3 is 2.32 bits per heavy atom. The average Bonchev–Trinajstić information content (AvgIpc) is 2.68. The average molecular weight is 387 g/mol. The van der Waals surface area contributed by atoms with Gasteiger partial charge in [0.2, 0.25) is 0 Å². The van der Waals surface area contributed by atoms with E-state index in [9.17, 15) is 9.59 Å². The first-order chi connectivity index (χ1) is 13.3. The summed E-state index contributed by atoms with van der Waals surface area (Å²) in [6, 6.07) is 8.18. The van der Waals surface area contributed by atoms with E-state index in [2.05, 4.69) is 24.2 Å². The largest absolute Gasteiger partial charge is 0.338 e. The van der Waals surface area contributed by atoms with Crippen molar-refractivity contribution in [2.75, 3.05) is 40.3 Å². The Morgan fingerprint density at radius 2 is 1.71 bits per heavy atom. The number of piperidine rings is 2. The van der Waals surface area contributed by atoms with Crippen molar-refractivity contribution in [1.82, 2.24) is 20.0 Å².